The van der Waals surface area contributed by atoms with Crippen LogP contribution < -0.4 is 20.9 Å². The molecule has 0 aliphatic rings. The van der Waals surface area contributed by atoms with Crippen molar-refractivity contribution in [2.75, 3.05) is 35.7 Å². The van der Waals surface area contributed by atoms with Crippen LogP contribution in [0.2, 0.25) is 0 Å². The predicted octanol–water partition coefficient (Wildman–Crippen LogP) is 4.93. The van der Waals surface area contributed by atoms with Crippen LogP contribution in [0.15, 0.2) is 36.5 Å². The first kappa shape index (κ1) is 28.7. The Morgan fingerprint density at radius 3 is 2.45 bits per heavy atom. The molecular formula is C24H20F6N6O3S. The number of hydrogen-bond donors (Lipinski definition) is 3. The minimum atomic E-state index is -4.83. The number of anilines is 3. The van der Waals surface area contributed by atoms with Crippen LogP contribution in [0.1, 0.15) is 12.0 Å². The van der Waals surface area contributed by atoms with E-state index in [2.05, 4.69) is 15.0 Å². The van der Waals surface area contributed by atoms with Crippen molar-refractivity contribution < 1.29 is 39.5 Å². The van der Waals surface area contributed by atoms with Crippen molar-refractivity contribution in [3.63, 3.8) is 0 Å². The SMILES string of the molecule is COc1cc(-c2c(F)ccc(NS(=O)(=O)CCCF)c2F)cc2c(N)nc(-c3cnc(N)cc3C(F)(F)F)nc12. The van der Waals surface area contributed by atoms with Crippen LogP contribution in [0.25, 0.3) is 33.4 Å². The molecule has 4 aromatic rings. The fourth-order valence-corrected chi connectivity index (χ4v) is 4.97. The maximum Gasteiger partial charge on any atom is 0.417 e. The summed E-state index contributed by atoms with van der Waals surface area (Å²) in [5, 5.41) is -0.0252. The van der Waals surface area contributed by atoms with E-state index in [1.165, 1.54) is 13.2 Å². The molecule has 0 unspecified atom stereocenters. The number of methoxy groups -OCH3 is 1. The third-order valence-corrected chi connectivity index (χ3v) is 7.04. The first-order valence-corrected chi connectivity index (χ1v) is 12.9. The molecule has 212 valence electrons. The molecule has 0 bridgehead atoms. The van der Waals surface area contributed by atoms with Crippen LogP contribution in [0.4, 0.5) is 43.7 Å². The summed E-state index contributed by atoms with van der Waals surface area (Å²) in [5.41, 5.74) is 8.27. The van der Waals surface area contributed by atoms with Gasteiger partial charge >= 0.3 is 6.18 Å². The Morgan fingerprint density at radius 2 is 1.80 bits per heavy atom. The van der Waals surface area contributed by atoms with Crippen molar-refractivity contribution >= 4 is 38.2 Å². The van der Waals surface area contributed by atoms with Gasteiger partial charge in [0.2, 0.25) is 10.0 Å². The molecule has 0 spiro atoms. The molecule has 0 fully saturated rings. The van der Waals surface area contributed by atoms with Crippen molar-refractivity contribution in [3.05, 3.63) is 53.7 Å². The van der Waals surface area contributed by atoms with Gasteiger partial charge in [0.15, 0.2) is 11.6 Å². The number of benzene rings is 2. The molecule has 0 radical (unpaired) electrons. The quantitative estimate of drug-likeness (QED) is 0.247. The Morgan fingerprint density at radius 1 is 1.07 bits per heavy atom. The highest BCUT2D eigenvalue weighted by atomic mass is 32.2. The Hall–Kier alpha value is -4.34. The summed E-state index contributed by atoms with van der Waals surface area (Å²) >= 11 is 0. The van der Waals surface area contributed by atoms with Crippen LogP contribution in [0, 0.1) is 11.6 Å². The first-order chi connectivity index (χ1) is 18.8. The van der Waals surface area contributed by atoms with E-state index in [1.54, 1.807) is 0 Å². The average molecular weight is 587 g/mol. The van der Waals surface area contributed by atoms with Gasteiger partial charge in [-0.15, -0.1) is 0 Å². The number of rotatable bonds is 8. The second-order valence-corrected chi connectivity index (χ2v) is 10.2. The third-order valence-electron chi connectivity index (χ3n) is 5.68. The highest BCUT2D eigenvalue weighted by molar-refractivity contribution is 7.92. The zero-order valence-corrected chi connectivity index (χ0v) is 21.3. The topological polar surface area (TPSA) is 146 Å². The molecule has 4 rings (SSSR count). The molecule has 2 aromatic carbocycles. The van der Waals surface area contributed by atoms with E-state index < -0.39 is 68.5 Å². The lowest BCUT2D eigenvalue weighted by Crippen LogP contribution is -2.18. The number of hydrogen-bond acceptors (Lipinski definition) is 8. The Balaban J connectivity index is 1.89. The molecule has 16 heteroatoms. The number of ether oxygens (including phenoxy) is 1. The van der Waals surface area contributed by atoms with Gasteiger partial charge in [0.05, 0.1) is 36.4 Å². The van der Waals surface area contributed by atoms with Gasteiger partial charge < -0.3 is 16.2 Å². The van der Waals surface area contributed by atoms with Gasteiger partial charge in [0.1, 0.15) is 28.7 Å². The molecule has 0 saturated carbocycles. The normalized spacial score (nSPS) is 12.1. The van der Waals surface area contributed by atoms with Gasteiger partial charge in [-0.2, -0.15) is 13.2 Å². The van der Waals surface area contributed by atoms with E-state index in [1.807, 2.05) is 4.72 Å². The molecule has 0 amide bonds. The third kappa shape index (κ3) is 5.66. The monoisotopic (exact) mass is 586 g/mol. The van der Waals surface area contributed by atoms with Crippen LogP contribution >= 0.6 is 0 Å². The zero-order valence-electron chi connectivity index (χ0n) is 20.5. The number of fused-ring (bicyclic) bond motifs is 1. The van der Waals surface area contributed by atoms with Gasteiger partial charge in [0, 0.05) is 17.1 Å². The summed E-state index contributed by atoms with van der Waals surface area (Å²) in [6, 6.07) is 4.61. The Labute approximate surface area is 223 Å². The van der Waals surface area contributed by atoms with E-state index in [0.29, 0.717) is 6.07 Å². The molecule has 2 heterocycles. The van der Waals surface area contributed by atoms with Crippen molar-refractivity contribution in [1.29, 1.82) is 0 Å². The number of nitrogens with zero attached hydrogens (tertiary/aromatic N) is 3. The minimum Gasteiger partial charge on any atom is -0.494 e. The number of nitrogen functional groups attached to an aromatic ring is 2. The van der Waals surface area contributed by atoms with Crippen molar-refractivity contribution in [2.45, 2.75) is 12.6 Å². The molecule has 0 aliphatic carbocycles. The van der Waals surface area contributed by atoms with Crippen molar-refractivity contribution in [3.8, 4) is 28.3 Å². The minimum absolute atomic E-state index is 0.0252. The number of aromatic nitrogens is 3. The Kier molecular flexibility index (Phi) is 7.65. The number of nitrogens with one attached hydrogen (secondary N) is 1. The largest absolute Gasteiger partial charge is 0.494 e. The highest BCUT2D eigenvalue weighted by Crippen LogP contribution is 2.40. The van der Waals surface area contributed by atoms with E-state index in [9.17, 15) is 30.4 Å². The van der Waals surface area contributed by atoms with Gasteiger partial charge in [-0.1, -0.05) is 0 Å². The molecule has 5 N–H and O–H groups in total. The lowest BCUT2D eigenvalue weighted by Gasteiger charge is -2.16. The second kappa shape index (κ2) is 10.7. The van der Waals surface area contributed by atoms with Gasteiger partial charge in [0.25, 0.3) is 0 Å². The molecule has 0 atom stereocenters. The van der Waals surface area contributed by atoms with Crippen molar-refractivity contribution in [2.24, 2.45) is 0 Å². The van der Waals surface area contributed by atoms with Gasteiger partial charge in [-0.3, -0.25) is 9.11 Å². The smallest absolute Gasteiger partial charge is 0.417 e. The maximum atomic E-state index is 15.4. The highest BCUT2D eigenvalue weighted by Gasteiger charge is 2.35. The Bertz CT molecular complexity index is 1720. The van der Waals surface area contributed by atoms with Crippen LogP contribution in [-0.4, -0.2) is 42.9 Å². The van der Waals surface area contributed by atoms with Crippen LogP contribution in [-0.2, 0) is 16.2 Å². The van der Waals surface area contributed by atoms with E-state index in [4.69, 9.17) is 16.2 Å². The number of nitrogens with two attached hydrogens (primary N) is 2. The molecule has 9 nitrogen and oxygen atoms in total. The maximum absolute atomic E-state index is 15.4. The van der Waals surface area contributed by atoms with E-state index >= 15 is 4.39 Å². The standard InChI is InChI=1S/C24H20F6N6O3S/c1-39-17-8-11(19-15(26)3-4-16(20(19)27)36-40(37,38)6-2-5-25)7-12-21(17)34-23(35-22(12)32)13-10-33-18(31)9-14(13)24(28,29)30/h3-4,7-10,36H,2,5-6H2,1H3,(H2,31,33)(H2,32,34,35). The summed E-state index contributed by atoms with van der Waals surface area (Å²) < 4.78 is 115. The molecular weight excluding hydrogens is 566 g/mol. The number of alkyl halides is 4. The number of halogens is 6. The van der Waals surface area contributed by atoms with E-state index in [-0.39, 0.29) is 40.3 Å². The fraction of sp³-hybridized carbons (Fsp3) is 0.208. The molecule has 40 heavy (non-hydrogen) atoms. The summed E-state index contributed by atoms with van der Waals surface area (Å²) in [5.74, 6) is -4.33. The number of pyridine rings is 1. The fourth-order valence-electron chi connectivity index (χ4n) is 3.89. The lowest BCUT2D eigenvalue weighted by atomic mass is 10.0. The summed E-state index contributed by atoms with van der Waals surface area (Å²) in [4.78, 5) is 11.8. The van der Waals surface area contributed by atoms with E-state index in [0.717, 1.165) is 24.4 Å². The molecule has 0 saturated heterocycles. The average Bonchev–Trinajstić information content (AvgIpc) is 2.88. The predicted molar refractivity (Wildman–Crippen MR) is 137 cm³/mol. The van der Waals surface area contributed by atoms with Gasteiger partial charge in [-0.05, 0) is 42.3 Å². The second-order valence-electron chi connectivity index (χ2n) is 8.41. The zero-order chi connectivity index (χ0) is 29.4. The summed E-state index contributed by atoms with van der Waals surface area (Å²) in [6.07, 6.45) is -4.32. The summed E-state index contributed by atoms with van der Waals surface area (Å²) in [7, 11) is -2.96. The van der Waals surface area contributed by atoms with Crippen LogP contribution in [0.5, 0.6) is 5.75 Å². The number of sulfonamides is 1. The van der Waals surface area contributed by atoms with Crippen LogP contribution in [0.3, 0.4) is 0 Å². The lowest BCUT2D eigenvalue weighted by molar-refractivity contribution is -0.137. The first-order valence-electron chi connectivity index (χ1n) is 11.3. The molecule has 0 aliphatic heterocycles. The summed E-state index contributed by atoms with van der Waals surface area (Å²) in [6.45, 7) is -0.910. The van der Waals surface area contributed by atoms with Crippen molar-refractivity contribution in [1.82, 2.24) is 15.0 Å². The molecule has 2 aromatic heterocycles. The van der Waals surface area contributed by atoms with Gasteiger partial charge in [-0.25, -0.2) is 32.2 Å².